The maximum absolute atomic E-state index is 12.7. The molecule has 2 N–H and O–H groups in total. The average molecular weight is 390 g/mol. The first kappa shape index (κ1) is 20.3. The first-order chi connectivity index (χ1) is 13.9. The number of hydrogen-bond donors (Lipinski definition) is 2. The Morgan fingerprint density at radius 1 is 0.966 bits per heavy atom. The van der Waals surface area contributed by atoms with Crippen molar-refractivity contribution in [3.8, 4) is 5.69 Å². The molecular weight excluding hydrogens is 364 g/mol. The number of amides is 2. The third kappa shape index (κ3) is 4.54. The molecule has 0 unspecified atom stereocenters. The highest BCUT2D eigenvalue weighted by molar-refractivity contribution is 5.99. The molecule has 0 saturated heterocycles. The zero-order valence-corrected chi connectivity index (χ0v) is 17.2. The van der Waals surface area contributed by atoms with E-state index in [2.05, 4.69) is 22.9 Å². The maximum Gasteiger partial charge on any atom is 0.273 e. The standard InChI is InChI=1S/C23H26N4O2/c1-5-17-8-10-18(11-9-17)22(28)25-26-23(29)20-14-24-27(21(20)15(2)3)19-12-6-16(4)7-13-19/h6-15H,5H2,1-4H3,(H,25,28)(H,26,29). The molecule has 6 heteroatoms. The second-order valence-corrected chi connectivity index (χ2v) is 7.30. The predicted molar refractivity (Wildman–Crippen MR) is 113 cm³/mol. The zero-order chi connectivity index (χ0) is 21.0. The van der Waals surface area contributed by atoms with E-state index in [1.807, 2.05) is 57.2 Å². The van der Waals surface area contributed by atoms with E-state index in [1.165, 1.54) is 6.20 Å². The third-order valence-corrected chi connectivity index (χ3v) is 4.79. The fraction of sp³-hybridized carbons (Fsp3) is 0.261. The average Bonchev–Trinajstić information content (AvgIpc) is 3.18. The molecule has 0 spiro atoms. The van der Waals surface area contributed by atoms with Crippen molar-refractivity contribution in [2.24, 2.45) is 0 Å². The van der Waals surface area contributed by atoms with Gasteiger partial charge in [-0.15, -0.1) is 0 Å². The van der Waals surface area contributed by atoms with E-state index in [4.69, 9.17) is 0 Å². The first-order valence-electron chi connectivity index (χ1n) is 9.75. The van der Waals surface area contributed by atoms with Crippen molar-refractivity contribution in [1.82, 2.24) is 20.6 Å². The van der Waals surface area contributed by atoms with Gasteiger partial charge in [0, 0.05) is 5.56 Å². The Morgan fingerprint density at radius 2 is 1.59 bits per heavy atom. The summed E-state index contributed by atoms with van der Waals surface area (Å²) in [6.45, 7) is 8.09. The minimum absolute atomic E-state index is 0.0665. The van der Waals surface area contributed by atoms with Gasteiger partial charge in [0.15, 0.2) is 0 Å². The molecule has 29 heavy (non-hydrogen) atoms. The summed E-state index contributed by atoms with van der Waals surface area (Å²) in [6.07, 6.45) is 2.44. The number of aryl methyl sites for hydroxylation is 2. The van der Waals surface area contributed by atoms with Crippen LogP contribution in [0.1, 0.15) is 64.2 Å². The molecule has 0 aliphatic heterocycles. The third-order valence-electron chi connectivity index (χ3n) is 4.79. The topological polar surface area (TPSA) is 76.0 Å². The molecule has 6 nitrogen and oxygen atoms in total. The lowest BCUT2D eigenvalue weighted by Crippen LogP contribution is -2.41. The molecule has 1 heterocycles. The van der Waals surface area contributed by atoms with Crippen LogP contribution in [0, 0.1) is 6.92 Å². The molecule has 2 amide bonds. The number of carbonyl (C=O) groups is 2. The molecule has 0 aliphatic carbocycles. The monoisotopic (exact) mass is 390 g/mol. The number of aromatic nitrogens is 2. The minimum atomic E-state index is -0.398. The first-order valence-corrected chi connectivity index (χ1v) is 9.75. The van der Waals surface area contributed by atoms with Crippen LogP contribution in [-0.4, -0.2) is 21.6 Å². The quantitative estimate of drug-likeness (QED) is 0.648. The SMILES string of the molecule is CCc1ccc(C(=O)NNC(=O)c2cnn(-c3ccc(C)cc3)c2C(C)C)cc1. The van der Waals surface area contributed by atoms with Gasteiger partial charge < -0.3 is 0 Å². The lowest BCUT2D eigenvalue weighted by molar-refractivity contribution is 0.0846. The van der Waals surface area contributed by atoms with Crippen LogP contribution in [0.25, 0.3) is 5.69 Å². The Balaban J connectivity index is 1.76. The molecule has 1 aromatic heterocycles. The lowest BCUT2D eigenvalue weighted by Gasteiger charge is -2.13. The molecular formula is C23H26N4O2. The van der Waals surface area contributed by atoms with Crippen LogP contribution in [-0.2, 0) is 6.42 Å². The number of hydrogen-bond acceptors (Lipinski definition) is 3. The summed E-state index contributed by atoms with van der Waals surface area (Å²) >= 11 is 0. The van der Waals surface area contributed by atoms with E-state index >= 15 is 0 Å². The molecule has 0 saturated carbocycles. The van der Waals surface area contributed by atoms with Crippen molar-refractivity contribution in [3.63, 3.8) is 0 Å². The van der Waals surface area contributed by atoms with E-state index in [0.717, 1.165) is 28.9 Å². The van der Waals surface area contributed by atoms with Gasteiger partial charge in [-0.05, 0) is 49.1 Å². The lowest BCUT2D eigenvalue weighted by atomic mass is 10.1. The van der Waals surface area contributed by atoms with Gasteiger partial charge in [0.25, 0.3) is 11.8 Å². The zero-order valence-electron chi connectivity index (χ0n) is 17.2. The molecule has 3 aromatic rings. The predicted octanol–water partition coefficient (Wildman–Crippen LogP) is 3.94. The van der Waals surface area contributed by atoms with Crippen LogP contribution in [0.3, 0.4) is 0 Å². The second-order valence-electron chi connectivity index (χ2n) is 7.30. The maximum atomic E-state index is 12.7. The van der Waals surface area contributed by atoms with Gasteiger partial charge in [0.1, 0.15) is 0 Å². The summed E-state index contributed by atoms with van der Waals surface area (Å²) in [5.74, 6) is -0.694. The van der Waals surface area contributed by atoms with Crippen molar-refractivity contribution in [2.45, 2.75) is 40.0 Å². The molecule has 0 atom stereocenters. The van der Waals surface area contributed by atoms with Crippen LogP contribution >= 0.6 is 0 Å². The van der Waals surface area contributed by atoms with Gasteiger partial charge in [-0.2, -0.15) is 5.10 Å². The van der Waals surface area contributed by atoms with E-state index < -0.39 is 5.91 Å². The molecule has 0 aliphatic rings. The molecule has 3 rings (SSSR count). The minimum Gasteiger partial charge on any atom is -0.267 e. The van der Waals surface area contributed by atoms with Crippen LogP contribution in [0.4, 0.5) is 0 Å². The normalized spacial score (nSPS) is 10.8. The van der Waals surface area contributed by atoms with Crippen LogP contribution < -0.4 is 10.9 Å². The molecule has 2 aromatic carbocycles. The highest BCUT2D eigenvalue weighted by Crippen LogP contribution is 2.23. The van der Waals surface area contributed by atoms with Gasteiger partial charge in [0.2, 0.25) is 0 Å². The van der Waals surface area contributed by atoms with Crippen molar-refractivity contribution < 1.29 is 9.59 Å². The van der Waals surface area contributed by atoms with Crippen molar-refractivity contribution >= 4 is 11.8 Å². The summed E-state index contributed by atoms with van der Waals surface area (Å²) in [6, 6.07) is 15.2. The van der Waals surface area contributed by atoms with Gasteiger partial charge in [-0.3, -0.25) is 20.4 Å². The Hall–Kier alpha value is -3.41. The fourth-order valence-electron chi connectivity index (χ4n) is 3.12. The largest absolute Gasteiger partial charge is 0.273 e. The summed E-state index contributed by atoms with van der Waals surface area (Å²) < 4.78 is 1.77. The summed E-state index contributed by atoms with van der Waals surface area (Å²) in [4.78, 5) is 25.0. The summed E-state index contributed by atoms with van der Waals surface area (Å²) in [5.41, 5.74) is 9.88. The Morgan fingerprint density at radius 3 is 2.17 bits per heavy atom. The molecule has 0 radical (unpaired) electrons. The number of benzene rings is 2. The van der Waals surface area contributed by atoms with Gasteiger partial charge in [0.05, 0.1) is 23.1 Å². The summed E-state index contributed by atoms with van der Waals surface area (Å²) in [7, 11) is 0. The van der Waals surface area contributed by atoms with Crippen molar-refractivity contribution in [2.75, 3.05) is 0 Å². The smallest absolute Gasteiger partial charge is 0.267 e. The molecule has 0 bridgehead atoms. The van der Waals surface area contributed by atoms with Crippen LogP contribution in [0.15, 0.2) is 54.7 Å². The van der Waals surface area contributed by atoms with Crippen LogP contribution in [0.2, 0.25) is 0 Å². The Labute approximate surface area is 170 Å². The Kier molecular flexibility index (Phi) is 6.12. The van der Waals surface area contributed by atoms with Gasteiger partial charge in [-0.1, -0.05) is 50.6 Å². The highest BCUT2D eigenvalue weighted by Gasteiger charge is 2.21. The van der Waals surface area contributed by atoms with Gasteiger partial charge >= 0.3 is 0 Å². The number of rotatable bonds is 5. The fourth-order valence-corrected chi connectivity index (χ4v) is 3.12. The number of hydrazine groups is 1. The highest BCUT2D eigenvalue weighted by atomic mass is 16.2. The van der Waals surface area contributed by atoms with Crippen LogP contribution in [0.5, 0.6) is 0 Å². The van der Waals surface area contributed by atoms with Crippen molar-refractivity contribution in [3.05, 3.63) is 82.7 Å². The number of nitrogens with zero attached hydrogens (tertiary/aromatic N) is 2. The second kappa shape index (κ2) is 8.73. The Bertz CT molecular complexity index is 1000. The number of nitrogens with one attached hydrogen (secondary N) is 2. The van der Waals surface area contributed by atoms with E-state index in [1.54, 1.807) is 16.8 Å². The van der Waals surface area contributed by atoms with E-state index in [9.17, 15) is 9.59 Å². The number of carbonyl (C=O) groups excluding carboxylic acids is 2. The van der Waals surface area contributed by atoms with Gasteiger partial charge in [-0.25, -0.2) is 4.68 Å². The van der Waals surface area contributed by atoms with Crippen molar-refractivity contribution in [1.29, 1.82) is 0 Å². The summed E-state index contributed by atoms with van der Waals surface area (Å²) in [5, 5.41) is 4.41. The molecule has 150 valence electrons. The van der Waals surface area contributed by atoms with E-state index in [-0.39, 0.29) is 11.8 Å². The van der Waals surface area contributed by atoms with E-state index in [0.29, 0.717) is 11.1 Å². The molecule has 0 fully saturated rings.